The second kappa shape index (κ2) is 15.1. The van der Waals surface area contributed by atoms with E-state index in [9.17, 15) is 19.8 Å². The van der Waals surface area contributed by atoms with Crippen LogP contribution in [-0.4, -0.2) is 53.9 Å². The third-order valence-electron chi connectivity index (χ3n) is 7.01. The molecule has 0 bridgehead atoms. The molecule has 1 aromatic rings. The van der Waals surface area contributed by atoms with E-state index in [4.69, 9.17) is 4.74 Å². The number of aliphatic hydroxyl groups is 2. The SMILES string of the molecule is COc1ccc(CCC(=O)NC[C@H](C)C(=O)N[C@H](CC2CCCCC2)[C@@H](O)[C@@H](O)CC(C)C)cc1. The van der Waals surface area contributed by atoms with Crippen molar-refractivity contribution in [1.29, 1.82) is 0 Å². The molecule has 4 N–H and O–H groups in total. The van der Waals surface area contributed by atoms with Gasteiger partial charge in [0.15, 0.2) is 0 Å². The predicted molar refractivity (Wildman–Crippen MR) is 138 cm³/mol. The van der Waals surface area contributed by atoms with E-state index in [1.54, 1.807) is 14.0 Å². The molecule has 2 amide bonds. The first-order chi connectivity index (χ1) is 16.7. The zero-order chi connectivity index (χ0) is 25.8. The lowest BCUT2D eigenvalue weighted by molar-refractivity contribution is -0.127. The van der Waals surface area contributed by atoms with Crippen LogP contribution in [0.2, 0.25) is 0 Å². The highest BCUT2D eigenvalue weighted by Crippen LogP contribution is 2.29. The first kappa shape index (κ1) is 29.1. The third kappa shape index (κ3) is 10.6. The van der Waals surface area contributed by atoms with Crippen molar-refractivity contribution in [3.63, 3.8) is 0 Å². The number of hydrogen-bond acceptors (Lipinski definition) is 5. The Balaban J connectivity index is 1.85. The maximum atomic E-state index is 12.9. The van der Waals surface area contributed by atoms with Crippen LogP contribution in [0.1, 0.15) is 77.7 Å². The highest BCUT2D eigenvalue weighted by molar-refractivity contribution is 5.81. The van der Waals surface area contributed by atoms with Crippen LogP contribution in [0.25, 0.3) is 0 Å². The number of nitrogens with one attached hydrogen (secondary N) is 2. The zero-order valence-corrected chi connectivity index (χ0v) is 22.0. The number of rotatable bonds is 14. The Labute approximate surface area is 211 Å². The lowest BCUT2D eigenvalue weighted by atomic mass is 9.82. The van der Waals surface area contributed by atoms with Gasteiger partial charge in [0, 0.05) is 13.0 Å². The maximum Gasteiger partial charge on any atom is 0.224 e. The molecule has 198 valence electrons. The first-order valence-corrected chi connectivity index (χ1v) is 13.3. The van der Waals surface area contributed by atoms with Crippen molar-refractivity contribution >= 4 is 11.8 Å². The minimum Gasteiger partial charge on any atom is -0.497 e. The molecule has 0 radical (unpaired) electrons. The van der Waals surface area contributed by atoms with Crippen molar-refractivity contribution in [3.8, 4) is 5.75 Å². The van der Waals surface area contributed by atoms with Crippen molar-refractivity contribution in [2.45, 2.75) is 96.8 Å². The zero-order valence-electron chi connectivity index (χ0n) is 22.0. The van der Waals surface area contributed by atoms with E-state index in [1.807, 2.05) is 38.1 Å². The summed E-state index contributed by atoms with van der Waals surface area (Å²) in [4.78, 5) is 25.2. The molecule has 0 heterocycles. The summed E-state index contributed by atoms with van der Waals surface area (Å²) in [6.07, 6.45) is 6.00. The van der Waals surface area contributed by atoms with Gasteiger partial charge in [-0.1, -0.05) is 65.0 Å². The molecule has 0 saturated heterocycles. The Hall–Kier alpha value is -2.12. The van der Waals surface area contributed by atoms with Gasteiger partial charge in [-0.3, -0.25) is 9.59 Å². The summed E-state index contributed by atoms with van der Waals surface area (Å²) < 4.78 is 5.15. The lowest BCUT2D eigenvalue weighted by Gasteiger charge is -2.33. The van der Waals surface area contributed by atoms with Gasteiger partial charge in [0.05, 0.1) is 25.2 Å². The quantitative estimate of drug-likeness (QED) is 0.319. The number of methoxy groups -OCH3 is 1. The number of aryl methyl sites for hydroxylation is 1. The number of carbonyl (C=O) groups is 2. The van der Waals surface area contributed by atoms with Crippen LogP contribution >= 0.6 is 0 Å². The monoisotopic (exact) mass is 490 g/mol. The number of carbonyl (C=O) groups excluding carboxylic acids is 2. The van der Waals surface area contributed by atoms with E-state index in [0.29, 0.717) is 31.6 Å². The fraction of sp³-hybridized carbons (Fsp3) is 0.714. The summed E-state index contributed by atoms with van der Waals surface area (Å²) in [5, 5.41) is 27.3. The van der Waals surface area contributed by atoms with Crippen LogP contribution in [0, 0.1) is 17.8 Å². The largest absolute Gasteiger partial charge is 0.497 e. The van der Waals surface area contributed by atoms with Crippen molar-refractivity contribution in [3.05, 3.63) is 29.8 Å². The van der Waals surface area contributed by atoms with Crippen LogP contribution in [-0.2, 0) is 16.0 Å². The molecule has 0 aliphatic heterocycles. The van der Waals surface area contributed by atoms with Crippen LogP contribution < -0.4 is 15.4 Å². The number of hydrogen-bond donors (Lipinski definition) is 4. The molecule has 1 aromatic carbocycles. The van der Waals surface area contributed by atoms with Crippen LogP contribution in [0.3, 0.4) is 0 Å². The summed E-state index contributed by atoms with van der Waals surface area (Å²) >= 11 is 0. The predicted octanol–water partition coefficient (Wildman–Crippen LogP) is 3.60. The van der Waals surface area contributed by atoms with Gasteiger partial charge in [-0.25, -0.2) is 0 Å². The van der Waals surface area contributed by atoms with Gasteiger partial charge in [-0.15, -0.1) is 0 Å². The highest BCUT2D eigenvalue weighted by atomic mass is 16.5. The Morgan fingerprint density at radius 1 is 1.06 bits per heavy atom. The first-order valence-electron chi connectivity index (χ1n) is 13.3. The fourth-order valence-corrected chi connectivity index (χ4v) is 4.78. The van der Waals surface area contributed by atoms with E-state index in [2.05, 4.69) is 10.6 Å². The Bertz CT molecular complexity index is 761. The maximum absolute atomic E-state index is 12.9. The molecule has 1 fully saturated rings. The summed E-state index contributed by atoms with van der Waals surface area (Å²) in [6, 6.07) is 7.13. The van der Waals surface area contributed by atoms with E-state index in [0.717, 1.165) is 24.2 Å². The molecular weight excluding hydrogens is 444 g/mol. The van der Waals surface area contributed by atoms with Gasteiger partial charge in [-0.2, -0.15) is 0 Å². The average Bonchev–Trinajstić information content (AvgIpc) is 2.85. The molecule has 7 heteroatoms. The van der Waals surface area contributed by atoms with E-state index < -0.39 is 24.2 Å². The number of aliphatic hydroxyl groups excluding tert-OH is 2. The Morgan fingerprint density at radius 3 is 2.31 bits per heavy atom. The Kier molecular flexibility index (Phi) is 12.6. The molecule has 7 nitrogen and oxygen atoms in total. The van der Waals surface area contributed by atoms with Gasteiger partial charge in [0.2, 0.25) is 11.8 Å². The van der Waals surface area contributed by atoms with Gasteiger partial charge in [0.1, 0.15) is 11.9 Å². The minimum atomic E-state index is -1.01. The van der Waals surface area contributed by atoms with E-state index in [1.165, 1.54) is 19.3 Å². The standard InChI is InChI=1S/C28H46N2O5/c1-19(2)16-25(31)27(33)24(17-22-8-6-5-7-9-22)30-28(34)20(3)18-29-26(32)15-12-21-10-13-23(35-4)14-11-21/h10-11,13-14,19-20,22,24-25,27,31,33H,5-9,12,15-18H2,1-4H3,(H,29,32)(H,30,34)/t20-,24+,25-,27+/m0/s1. The molecule has 0 unspecified atom stereocenters. The number of benzene rings is 1. The van der Waals surface area contributed by atoms with Crippen molar-refractivity contribution < 1.29 is 24.5 Å². The van der Waals surface area contributed by atoms with Crippen molar-refractivity contribution in [2.24, 2.45) is 17.8 Å². The Morgan fingerprint density at radius 2 is 1.71 bits per heavy atom. The molecule has 0 aromatic heterocycles. The van der Waals surface area contributed by atoms with Crippen LogP contribution in [0.15, 0.2) is 24.3 Å². The smallest absolute Gasteiger partial charge is 0.224 e. The molecule has 4 atom stereocenters. The summed E-state index contributed by atoms with van der Waals surface area (Å²) in [6.45, 7) is 6.01. The molecule has 0 spiro atoms. The van der Waals surface area contributed by atoms with Crippen molar-refractivity contribution in [1.82, 2.24) is 10.6 Å². The third-order valence-corrected chi connectivity index (χ3v) is 7.01. The van der Waals surface area contributed by atoms with Gasteiger partial charge < -0.3 is 25.6 Å². The van der Waals surface area contributed by atoms with Gasteiger partial charge >= 0.3 is 0 Å². The second-order valence-electron chi connectivity index (χ2n) is 10.6. The molecular formula is C28H46N2O5. The molecule has 1 saturated carbocycles. The van der Waals surface area contributed by atoms with E-state index in [-0.39, 0.29) is 24.3 Å². The molecule has 2 rings (SSSR count). The molecule has 1 aliphatic carbocycles. The topological polar surface area (TPSA) is 108 Å². The van der Waals surface area contributed by atoms with Crippen LogP contribution in [0.4, 0.5) is 0 Å². The van der Waals surface area contributed by atoms with Gasteiger partial charge in [-0.05, 0) is 48.8 Å². The number of amides is 2. The van der Waals surface area contributed by atoms with Crippen molar-refractivity contribution in [2.75, 3.05) is 13.7 Å². The highest BCUT2D eigenvalue weighted by Gasteiger charge is 2.32. The summed E-state index contributed by atoms with van der Waals surface area (Å²) in [7, 11) is 1.62. The minimum absolute atomic E-state index is 0.105. The summed E-state index contributed by atoms with van der Waals surface area (Å²) in [5.41, 5.74) is 1.05. The van der Waals surface area contributed by atoms with E-state index >= 15 is 0 Å². The number of ether oxygens (including phenoxy) is 1. The lowest BCUT2D eigenvalue weighted by Crippen LogP contribution is -2.52. The molecule has 1 aliphatic rings. The second-order valence-corrected chi connectivity index (χ2v) is 10.6. The molecule has 35 heavy (non-hydrogen) atoms. The average molecular weight is 491 g/mol. The summed E-state index contributed by atoms with van der Waals surface area (Å²) in [5.74, 6) is 0.717. The normalized spacial score (nSPS) is 17.9. The van der Waals surface area contributed by atoms with Crippen LogP contribution in [0.5, 0.6) is 5.75 Å². The fourth-order valence-electron chi connectivity index (χ4n) is 4.78. The van der Waals surface area contributed by atoms with Gasteiger partial charge in [0.25, 0.3) is 0 Å².